The maximum atomic E-state index is 13.7. The number of fused-ring (bicyclic) bond motifs is 3. The number of imide groups is 1. The van der Waals surface area contributed by atoms with Gasteiger partial charge in [-0.2, -0.15) is 0 Å². The number of ether oxygens (including phenoxy) is 2. The van der Waals surface area contributed by atoms with E-state index in [0.29, 0.717) is 12.5 Å². The molecule has 0 unspecified atom stereocenters. The highest BCUT2D eigenvalue weighted by Crippen LogP contribution is 2.59. The Labute approximate surface area is 310 Å². The van der Waals surface area contributed by atoms with Crippen LogP contribution in [-0.4, -0.2) is 100 Å². The van der Waals surface area contributed by atoms with Gasteiger partial charge in [-0.05, 0) is 85.8 Å². The topological polar surface area (TPSA) is 117 Å². The first-order chi connectivity index (χ1) is 25.9. The molecule has 2 aromatic heterocycles. The zero-order chi connectivity index (χ0) is 36.2. The highest BCUT2D eigenvalue weighted by Gasteiger charge is 2.68. The summed E-state index contributed by atoms with van der Waals surface area (Å²) < 4.78 is 10.5. The van der Waals surface area contributed by atoms with Crippen LogP contribution in [-0.2, 0) is 19.1 Å². The average Bonchev–Trinajstić information content (AvgIpc) is 4.00. The summed E-state index contributed by atoms with van der Waals surface area (Å²) >= 11 is 0. The molecule has 4 aliphatic heterocycles. The molecule has 6 heterocycles. The Bertz CT molecular complexity index is 2040. The van der Waals surface area contributed by atoms with Crippen LogP contribution in [0.5, 0.6) is 0 Å². The van der Waals surface area contributed by atoms with Crippen molar-refractivity contribution in [2.75, 3.05) is 46.5 Å². The minimum Gasteiger partial charge on any atom is -0.468 e. The predicted molar refractivity (Wildman–Crippen MR) is 200 cm³/mol. The number of carbonyl (C=O) groups is 3. The average molecular weight is 717 g/mol. The molecule has 11 heteroatoms. The molecule has 6 fully saturated rings. The third kappa shape index (κ3) is 5.53. The summed E-state index contributed by atoms with van der Waals surface area (Å²) in [6.07, 6.45) is 11.4. The van der Waals surface area contributed by atoms with E-state index >= 15 is 0 Å². The third-order valence-corrected chi connectivity index (χ3v) is 13.3. The second kappa shape index (κ2) is 13.8. The molecular formula is C42H48N6O5. The van der Waals surface area contributed by atoms with E-state index in [-0.39, 0.29) is 35.9 Å². The van der Waals surface area contributed by atoms with Gasteiger partial charge in [0.2, 0.25) is 0 Å². The van der Waals surface area contributed by atoms with Gasteiger partial charge in [0.1, 0.15) is 11.1 Å². The number of morpholine rings is 1. The lowest BCUT2D eigenvalue weighted by atomic mass is 9.87. The molecule has 10 rings (SSSR count). The summed E-state index contributed by atoms with van der Waals surface area (Å²) in [5.74, 6) is 0.552. The van der Waals surface area contributed by atoms with E-state index < -0.39 is 11.1 Å². The number of urea groups is 1. The molecular weight excluding hydrogens is 668 g/mol. The van der Waals surface area contributed by atoms with Crippen LogP contribution in [0.15, 0.2) is 73.1 Å². The van der Waals surface area contributed by atoms with Crippen LogP contribution < -0.4 is 5.32 Å². The highest BCUT2D eigenvalue weighted by atomic mass is 16.5. The van der Waals surface area contributed by atoms with Gasteiger partial charge in [0.15, 0.2) is 0 Å². The van der Waals surface area contributed by atoms with E-state index in [1.165, 1.54) is 18.1 Å². The number of amides is 3. The van der Waals surface area contributed by atoms with E-state index in [2.05, 4.69) is 38.4 Å². The first kappa shape index (κ1) is 34.3. The molecule has 6 aliphatic rings. The number of methoxy groups -OCH3 is 1. The van der Waals surface area contributed by atoms with E-state index in [0.717, 1.165) is 106 Å². The number of rotatable bonds is 6. The molecule has 276 valence electrons. The Morgan fingerprint density at radius 1 is 0.849 bits per heavy atom. The maximum absolute atomic E-state index is 13.7. The molecule has 2 aliphatic carbocycles. The Morgan fingerprint density at radius 2 is 1.51 bits per heavy atom. The van der Waals surface area contributed by atoms with Crippen molar-refractivity contribution in [3.63, 3.8) is 0 Å². The molecule has 3 amide bonds. The summed E-state index contributed by atoms with van der Waals surface area (Å²) in [5, 5.41) is 5.87. The van der Waals surface area contributed by atoms with Gasteiger partial charge in [0.05, 0.1) is 37.4 Å². The zero-order valence-corrected chi connectivity index (χ0v) is 30.4. The highest BCUT2D eigenvalue weighted by molar-refractivity contribution is 6.08. The number of para-hydroxylation sites is 2. The largest absolute Gasteiger partial charge is 0.468 e. The monoisotopic (exact) mass is 716 g/mol. The Hall–Kier alpha value is -4.45. The van der Waals surface area contributed by atoms with E-state index in [4.69, 9.17) is 9.47 Å². The number of pyridine rings is 2. The molecule has 4 saturated heterocycles. The lowest BCUT2D eigenvalue weighted by Gasteiger charge is -2.31. The number of nitrogens with zero attached hydrogens (tertiary/aromatic N) is 5. The van der Waals surface area contributed by atoms with Crippen molar-refractivity contribution in [1.29, 1.82) is 0 Å². The standard InChI is InChI=1S/C24H28N4O3.C18H20N2O2/c29-22-24-8-3-4-17(24)16-21(19-7-9-25-20-6-2-1-5-18(19)20)28(24)23(30)27(22)11-10-26-12-14-31-15-13-26;1-22-17(21)18-9-4-5-12(18)11-16(20-18)14-8-10-19-15-7-3-2-6-13(14)15/h1-2,5-7,9,17,21H,3-4,8,10-16H2;2-3,6-8,10,12,16,20H,4-5,9,11H2,1H3/t17-,21+,24-;12-,16+,18-/m00/s1. The van der Waals surface area contributed by atoms with Crippen LogP contribution in [0.1, 0.15) is 74.6 Å². The molecule has 1 spiro atoms. The molecule has 0 bridgehead atoms. The summed E-state index contributed by atoms with van der Waals surface area (Å²) in [5.41, 5.74) is 3.18. The fourth-order valence-corrected chi connectivity index (χ4v) is 10.8. The van der Waals surface area contributed by atoms with Crippen LogP contribution in [0.4, 0.5) is 4.79 Å². The number of nitrogens with one attached hydrogen (secondary N) is 1. The van der Waals surface area contributed by atoms with E-state index in [1.807, 2.05) is 59.8 Å². The Morgan fingerprint density at radius 3 is 2.25 bits per heavy atom. The minimum absolute atomic E-state index is 0.0362. The molecule has 2 aromatic carbocycles. The van der Waals surface area contributed by atoms with Gasteiger partial charge < -0.3 is 14.4 Å². The van der Waals surface area contributed by atoms with Crippen molar-refractivity contribution in [2.24, 2.45) is 11.8 Å². The van der Waals surface area contributed by atoms with Crippen molar-refractivity contribution < 1.29 is 23.9 Å². The fraction of sp³-hybridized carbons (Fsp3) is 0.500. The van der Waals surface area contributed by atoms with Gasteiger partial charge in [0, 0.05) is 55.4 Å². The fourth-order valence-electron chi connectivity index (χ4n) is 10.8. The van der Waals surface area contributed by atoms with Crippen LogP contribution in [0.3, 0.4) is 0 Å². The second-order valence-electron chi connectivity index (χ2n) is 15.6. The van der Waals surface area contributed by atoms with Crippen LogP contribution >= 0.6 is 0 Å². The van der Waals surface area contributed by atoms with Gasteiger partial charge in [0.25, 0.3) is 5.91 Å². The van der Waals surface area contributed by atoms with Gasteiger partial charge >= 0.3 is 12.0 Å². The lowest BCUT2D eigenvalue weighted by Crippen LogP contribution is -2.50. The van der Waals surface area contributed by atoms with Gasteiger partial charge in [-0.15, -0.1) is 0 Å². The maximum Gasteiger partial charge on any atom is 0.328 e. The van der Waals surface area contributed by atoms with Crippen molar-refractivity contribution in [2.45, 2.75) is 74.5 Å². The third-order valence-electron chi connectivity index (χ3n) is 13.3. The first-order valence-electron chi connectivity index (χ1n) is 19.4. The van der Waals surface area contributed by atoms with Crippen LogP contribution in [0.25, 0.3) is 21.8 Å². The normalized spacial score (nSPS) is 30.7. The zero-order valence-electron chi connectivity index (χ0n) is 30.4. The van der Waals surface area contributed by atoms with Gasteiger partial charge in [-0.25, -0.2) is 4.79 Å². The number of benzene rings is 2. The number of hydrogen-bond donors (Lipinski definition) is 1. The molecule has 2 saturated carbocycles. The SMILES string of the molecule is COC(=O)[C@]12CCC[C@H]1C[C@H](c1ccnc3ccccc13)N2.O=C1N(CCN2CCOCC2)C(=O)[C@]23CCC[C@H]2C[C@H](c2ccnc4ccccc24)N13. The number of hydrogen-bond acceptors (Lipinski definition) is 9. The van der Waals surface area contributed by atoms with E-state index in [9.17, 15) is 14.4 Å². The number of aromatic nitrogens is 2. The molecule has 11 nitrogen and oxygen atoms in total. The molecule has 53 heavy (non-hydrogen) atoms. The molecule has 0 radical (unpaired) electrons. The molecule has 6 atom stereocenters. The Balaban J connectivity index is 0.000000149. The van der Waals surface area contributed by atoms with Crippen molar-refractivity contribution in [3.8, 4) is 0 Å². The number of esters is 1. The van der Waals surface area contributed by atoms with Crippen molar-refractivity contribution in [3.05, 3.63) is 84.2 Å². The predicted octanol–water partition coefficient (Wildman–Crippen LogP) is 5.80. The van der Waals surface area contributed by atoms with Crippen LogP contribution in [0, 0.1) is 11.8 Å². The summed E-state index contributed by atoms with van der Waals surface area (Å²) in [6, 6.07) is 20.4. The van der Waals surface area contributed by atoms with Gasteiger partial charge in [-0.3, -0.25) is 34.7 Å². The molecule has 4 aromatic rings. The van der Waals surface area contributed by atoms with Gasteiger partial charge in [-0.1, -0.05) is 49.2 Å². The minimum atomic E-state index is -0.642. The smallest absolute Gasteiger partial charge is 0.328 e. The Kier molecular flexibility index (Phi) is 8.91. The van der Waals surface area contributed by atoms with Crippen molar-refractivity contribution >= 4 is 39.7 Å². The second-order valence-corrected chi connectivity index (χ2v) is 15.6. The number of carbonyl (C=O) groups excluding carboxylic acids is 3. The summed E-state index contributed by atoms with van der Waals surface area (Å²) in [4.78, 5) is 54.5. The van der Waals surface area contributed by atoms with Crippen molar-refractivity contribution in [1.82, 2.24) is 30.0 Å². The lowest BCUT2D eigenvalue weighted by molar-refractivity contribution is -0.149. The summed E-state index contributed by atoms with van der Waals surface area (Å²) in [6.45, 7) is 4.35. The summed E-state index contributed by atoms with van der Waals surface area (Å²) in [7, 11) is 1.49. The molecule has 1 N–H and O–H groups in total. The van der Waals surface area contributed by atoms with Crippen LogP contribution in [0.2, 0.25) is 0 Å². The first-order valence-corrected chi connectivity index (χ1v) is 19.4. The quantitative estimate of drug-likeness (QED) is 0.195. The van der Waals surface area contributed by atoms with E-state index in [1.54, 1.807) is 4.90 Å².